The summed E-state index contributed by atoms with van der Waals surface area (Å²) in [6.07, 6.45) is 0. The minimum atomic E-state index is -0.0724. The molecule has 0 aliphatic rings. The highest BCUT2D eigenvalue weighted by atomic mass is 16.5. The Kier molecular flexibility index (Phi) is 5.11. The summed E-state index contributed by atoms with van der Waals surface area (Å²) < 4.78 is 5.05. The topological polar surface area (TPSA) is 54.5 Å². The number of nitrogens with one attached hydrogen (secondary N) is 1. The maximum Gasteiger partial charge on any atom is 0.272 e. The lowest BCUT2D eigenvalue weighted by Gasteiger charge is -2.20. The zero-order valence-corrected chi connectivity index (χ0v) is 12.7. The zero-order valence-electron chi connectivity index (χ0n) is 12.7. The number of nitrogens with zero attached hydrogens (tertiary/aromatic N) is 2. The third-order valence-corrected chi connectivity index (χ3v) is 3.43. The molecule has 0 fully saturated rings. The number of fused-ring (bicyclic) bond motifs is 1. The second-order valence-corrected chi connectivity index (χ2v) is 4.70. The van der Waals surface area contributed by atoms with Crippen LogP contribution in [-0.2, 0) is 4.74 Å². The van der Waals surface area contributed by atoms with Crippen LogP contribution in [0.15, 0.2) is 30.3 Å². The summed E-state index contributed by atoms with van der Waals surface area (Å²) in [6, 6.07) is 9.74. The molecular weight excluding hydrogens is 266 g/mol. The van der Waals surface area contributed by atoms with Gasteiger partial charge in [0.1, 0.15) is 11.5 Å². The molecule has 1 N–H and O–H groups in total. The first kappa shape index (κ1) is 15.3. The molecule has 0 spiro atoms. The highest BCUT2D eigenvalue weighted by Crippen LogP contribution is 2.22. The molecule has 0 atom stereocenters. The summed E-state index contributed by atoms with van der Waals surface area (Å²) >= 11 is 0. The number of hydrogen-bond donors (Lipinski definition) is 1. The molecule has 1 heterocycles. The van der Waals surface area contributed by atoms with E-state index in [1.54, 1.807) is 12.0 Å². The minimum Gasteiger partial charge on any atom is -0.383 e. The van der Waals surface area contributed by atoms with Crippen LogP contribution in [0, 0.1) is 0 Å². The SMILES string of the molecule is CCN(CCOC)C(=O)c1cc2ccccc2c(NC)n1. The minimum absolute atomic E-state index is 0.0724. The molecule has 112 valence electrons. The van der Waals surface area contributed by atoms with Crippen molar-refractivity contribution in [2.45, 2.75) is 6.92 Å². The van der Waals surface area contributed by atoms with Gasteiger partial charge in [0.05, 0.1) is 6.61 Å². The van der Waals surface area contributed by atoms with E-state index in [1.807, 2.05) is 44.3 Å². The van der Waals surface area contributed by atoms with E-state index in [4.69, 9.17) is 4.74 Å². The highest BCUT2D eigenvalue weighted by Gasteiger charge is 2.17. The summed E-state index contributed by atoms with van der Waals surface area (Å²) in [5.74, 6) is 0.649. The molecule has 1 amide bonds. The third-order valence-electron chi connectivity index (χ3n) is 3.43. The molecule has 0 unspecified atom stereocenters. The fraction of sp³-hybridized carbons (Fsp3) is 0.375. The number of ether oxygens (including phenoxy) is 1. The number of pyridine rings is 1. The number of aromatic nitrogens is 1. The Hall–Kier alpha value is -2.14. The summed E-state index contributed by atoms with van der Waals surface area (Å²) in [4.78, 5) is 18.8. The molecule has 2 aromatic rings. The van der Waals surface area contributed by atoms with Gasteiger partial charge in [0.25, 0.3) is 5.91 Å². The Balaban J connectivity index is 2.38. The van der Waals surface area contributed by atoms with Gasteiger partial charge >= 0.3 is 0 Å². The number of carbonyl (C=O) groups is 1. The van der Waals surface area contributed by atoms with Gasteiger partial charge in [-0.25, -0.2) is 4.98 Å². The molecule has 0 aliphatic carbocycles. The first-order valence-corrected chi connectivity index (χ1v) is 7.07. The smallest absolute Gasteiger partial charge is 0.272 e. The van der Waals surface area contributed by atoms with E-state index >= 15 is 0 Å². The summed E-state index contributed by atoms with van der Waals surface area (Å²) in [5, 5.41) is 5.07. The lowest BCUT2D eigenvalue weighted by Crippen LogP contribution is -2.34. The molecular formula is C16H21N3O2. The summed E-state index contributed by atoms with van der Waals surface area (Å²) in [5.41, 5.74) is 0.455. The van der Waals surface area contributed by atoms with Crippen LogP contribution in [0.2, 0.25) is 0 Å². The van der Waals surface area contributed by atoms with Gasteiger partial charge in [0, 0.05) is 32.6 Å². The molecule has 21 heavy (non-hydrogen) atoms. The van der Waals surface area contributed by atoms with E-state index in [1.165, 1.54) is 0 Å². The van der Waals surface area contributed by atoms with Crippen LogP contribution in [0.4, 0.5) is 5.82 Å². The van der Waals surface area contributed by atoms with Crippen molar-refractivity contribution in [1.29, 1.82) is 0 Å². The van der Waals surface area contributed by atoms with Crippen molar-refractivity contribution in [3.63, 3.8) is 0 Å². The van der Waals surface area contributed by atoms with Crippen LogP contribution < -0.4 is 5.32 Å². The van der Waals surface area contributed by atoms with Crippen LogP contribution in [0.5, 0.6) is 0 Å². The van der Waals surface area contributed by atoms with Gasteiger partial charge in [-0.05, 0) is 18.4 Å². The lowest BCUT2D eigenvalue weighted by atomic mass is 10.1. The molecule has 0 saturated carbocycles. The second kappa shape index (κ2) is 7.04. The Bertz CT molecular complexity index is 628. The Morgan fingerprint density at radius 2 is 2.14 bits per heavy atom. The van der Waals surface area contributed by atoms with E-state index in [0.29, 0.717) is 25.4 Å². The summed E-state index contributed by atoms with van der Waals surface area (Å²) in [7, 11) is 3.44. The molecule has 0 saturated heterocycles. The number of hydrogen-bond acceptors (Lipinski definition) is 4. The van der Waals surface area contributed by atoms with E-state index in [2.05, 4.69) is 10.3 Å². The molecule has 5 nitrogen and oxygen atoms in total. The average Bonchev–Trinajstić information content (AvgIpc) is 2.54. The fourth-order valence-corrected chi connectivity index (χ4v) is 2.27. The van der Waals surface area contributed by atoms with E-state index in [-0.39, 0.29) is 5.91 Å². The molecule has 0 bridgehead atoms. The molecule has 2 rings (SSSR count). The third kappa shape index (κ3) is 3.31. The number of benzene rings is 1. The number of rotatable bonds is 6. The lowest BCUT2D eigenvalue weighted by molar-refractivity contribution is 0.0701. The zero-order chi connectivity index (χ0) is 15.2. The van der Waals surface area contributed by atoms with Gasteiger partial charge < -0.3 is 15.0 Å². The maximum absolute atomic E-state index is 12.6. The van der Waals surface area contributed by atoms with Gasteiger partial charge in [0.15, 0.2) is 0 Å². The van der Waals surface area contributed by atoms with Crippen LogP contribution in [0.3, 0.4) is 0 Å². The van der Waals surface area contributed by atoms with Crippen LogP contribution in [-0.4, -0.2) is 49.6 Å². The van der Waals surface area contributed by atoms with E-state index in [9.17, 15) is 4.79 Å². The first-order valence-electron chi connectivity index (χ1n) is 7.07. The number of anilines is 1. The molecule has 1 aromatic carbocycles. The van der Waals surface area contributed by atoms with Crippen molar-refractivity contribution >= 4 is 22.5 Å². The number of carbonyl (C=O) groups excluding carboxylic acids is 1. The predicted octanol–water partition coefficient (Wildman–Crippen LogP) is 2.39. The van der Waals surface area contributed by atoms with Crippen molar-refractivity contribution in [2.24, 2.45) is 0 Å². The Labute approximate surface area is 124 Å². The van der Waals surface area contributed by atoms with Crippen LogP contribution in [0.25, 0.3) is 10.8 Å². The number of likely N-dealkylation sites (N-methyl/N-ethyl adjacent to an activating group) is 1. The molecule has 0 radical (unpaired) electrons. The van der Waals surface area contributed by atoms with Gasteiger partial charge in [-0.3, -0.25) is 4.79 Å². The Morgan fingerprint density at radius 3 is 2.81 bits per heavy atom. The summed E-state index contributed by atoms with van der Waals surface area (Å²) in [6.45, 7) is 3.67. The quantitative estimate of drug-likeness (QED) is 0.886. The van der Waals surface area contributed by atoms with Crippen LogP contribution >= 0.6 is 0 Å². The van der Waals surface area contributed by atoms with E-state index < -0.39 is 0 Å². The number of amides is 1. The van der Waals surface area contributed by atoms with Crippen molar-refractivity contribution in [2.75, 3.05) is 39.2 Å². The maximum atomic E-state index is 12.6. The standard InChI is InChI=1S/C16H21N3O2/c1-4-19(9-10-21-3)16(20)14-11-12-7-5-6-8-13(12)15(17-2)18-14/h5-8,11H,4,9-10H2,1-3H3,(H,17,18). The monoisotopic (exact) mass is 287 g/mol. The van der Waals surface area contributed by atoms with Crippen molar-refractivity contribution in [3.8, 4) is 0 Å². The van der Waals surface area contributed by atoms with Crippen molar-refractivity contribution in [1.82, 2.24) is 9.88 Å². The van der Waals surface area contributed by atoms with Crippen molar-refractivity contribution in [3.05, 3.63) is 36.0 Å². The van der Waals surface area contributed by atoms with Gasteiger partial charge in [0.2, 0.25) is 0 Å². The van der Waals surface area contributed by atoms with Gasteiger partial charge in [-0.2, -0.15) is 0 Å². The van der Waals surface area contributed by atoms with Gasteiger partial charge in [-0.1, -0.05) is 24.3 Å². The highest BCUT2D eigenvalue weighted by molar-refractivity contribution is 6.00. The van der Waals surface area contributed by atoms with Crippen LogP contribution in [0.1, 0.15) is 17.4 Å². The van der Waals surface area contributed by atoms with Crippen molar-refractivity contribution < 1.29 is 9.53 Å². The normalized spacial score (nSPS) is 10.6. The number of methoxy groups -OCH3 is 1. The molecule has 0 aliphatic heterocycles. The van der Waals surface area contributed by atoms with E-state index in [0.717, 1.165) is 16.6 Å². The largest absolute Gasteiger partial charge is 0.383 e. The second-order valence-electron chi connectivity index (χ2n) is 4.70. The predicted molar refractivity (Wildman–Crippen MR) is 84.7 cm³/mol. The Morgan fingerprint density at radius 1 is 1.38 bits per heavy atom. The van der Waals surface area contributed by atoms with Gasteiger partial charge in [-0.15, -0.1) is 0 Å². The first-order chi connectivity index (χ1) is 10.2. The molecule has 1 aromatic heterocycles. The average molecular weight is 287 g/mol. The molecule has 5 heteroatoms. The fourth-order valence-electron chi connectivity index (χ4n) is 2.27.